The fraction of sp³-hybridized carbons (Fsp3) is 0.364. The van der Waals surface area contributed by atoms with E-state index in [1.54, 1.807) is 7.11 Å². The van der Waals surface area contributed by atoms with Crippen LogP contribution in [0.5, 0.6) is 5.75 Å². The molecule has 0 saturated carbocycles. The highest BCUT2D eigenvalue weighted by molar-refractivity contribution is 6.97. The largest absolute Gasteiger partial charge is 0.497 e. The fourth-order valence-corrected chi connectivity index (χ4v) is 6.81. The molecule has 0 bridgehead atoms. The molecule has 1 aliphatic rings. The lowest BCUT2D eigenvalue weighted by Gasteiger charge is -2.31. The second kappa shape index (κ2) is 6.33. The number of allylic oxidation sites excluding steroid dienone is 1. The van der Waals surface area contributed by atoms with E-state index in [1.165, 1.54) is 27.1 Å². The molecular formula is C22H27ClOSi. The third-order valence-electron chi connectivity index (χ3n) is 5.31. The molecule has 0 N–H and O–H groups in total. The van der Waals surface area contributed by atoms with Crippen molar-refractivity contribution in [2.75, 3.05) is 7.11 Å². The summed E-state index contributed by atoms with van der Waals surface area (Å²) >= 11 is 6.53. The van der Waals surface area contributed by atoms with Crippen LogP contribution in [0, 0.1) is 0 Å². The smallest absolute Gasteiger partial charge is 0.122 e. The van der Waals surface area contributed by atoms with Gasteiger partial charge in [-0.2, -0.15) is 0 Å². The molecule has 132 valence electrons. The van der Waals surface area contributed by atoms with Crippen LogP contribution in [0.1, 0.15) is 37.5 Å². The van der Waals surface area contributed by atoms with Crippen molar-refractivity contribution in [3.05, 3.63) is 63.3 Å². The molecule has 0 fully saturated rings. The summed E-state index contributed by atoms with van der Waals surface area (Å²) in [6.45, 7) is 11.5. The van der Waals surface area contributed by atoms with E-state index in [0.717, 1.165) is 17.2 Å². The van der Waals surface area contributed by atoms with Gasteiger partial charge < -0.3 is 4.74 Å². The fourth-order valence-electron chi connectivity index (χ4n) is 3.69. The first kappa shape index (κ1) is 18.3. The number of hydrogen-bond acceptors (Lipinski definition) is 1. The van der Waals surface area contributed by atoms with Crippen molar-refractivity contribution in [2.45, 2.75) is 45.7 Å². The van der Waals surface area contributed by atoms with Gasteiger partial charge in [-0.25, -0.2) is 0 Å². The van der Waals surface area contributed by atoms with E-state index < -0.39 is 8.07 Å². The van der Waals surface area contributed by atoms with E-state index >= 15 is 0 Å². The summed E-state index contributed by atoms with van der Waals surface area (Å²) in [5.74, 6) is 1.02. The van der Waals surface area contributed by atoms with Crippen molar-refractivity contribution in [3.63, 3.8) is 0 Å². The average molecular weight is 371 g/mol. The van der Waals surface area contributed by atoms with E-state index in [0.29, 0.717) is 0 Å². The average Bonchev–Trinajstić information content (AvgIpc) is 2.98. The van der Waals surface area contributed by atoms with Crippen molar-refractivity contribution in [2.24, 2.45) is 0 Å². The molecule has 0 spiro atoms. The van der Waals surface area contributed by atoms with Crippen LogP contribution in [-0.4, -0.2) is 15.2 Å². The molecule has 25 heavy (non-hydrogen) atoms. The summed E-state index contributed by atoms with van der Waals surface area (Å²) in [5, 5.41) is 3.64. The molecule has 1 aliphatic carbocycles. The molecule has 2 aromatic carbocycles. The number of hydrogen-bond donors (Lipinski definition) is 0. The minimum atomic E-state index is -1.90. The summed E-state index contributed by atoms with van der Waals surface area (Å²) in [6, 6.07) is 12.9. The number of benzene rings is 2. The Morgan fingerprint density at radius 3 is 2.36 bits per heavy atom. The molecule has 0 aromatic heterocycles. The zero-order chi connectivity index (χ0) is 18.4. The summed E-state index contributed by atoms with van der Waals surface area (Å²) in [5.41, 5.74) is 3.96. The lowest BCUT2D eigenvalue weighted by atomic mass is 9.86. The monoisotopic (exact) mass is 370 g/mol. The van der Waals surface area contributed by atoms with Crippen LogP contribution in [0.2, 0.25) is 18.1 Å². The van der Waals surface area contributed by atoms with Crippen LogP contribution in [0.4, 0.5) is 0 Å². The lowest BCUT2D eigenvalue weighted by molar-refractivity contribution is 0.400. The maximum absolute atomic E-state index is 6.53. The Bertz CT molecular complexity index is 844. The van der Waals surface area contributed by atoms with Crippen LogP contribution in [0.15, 0.2) is 41.6 Å². The zero-order valence-corrected chi connectivity index (χ0v) is 17.8. The van der Waals surface area contributed by atoms with Crippen molar-refractivity contribution in [1.29, 1.82) is 0 Å². The lowest BCUT2D eigenvalue weighted by Crippen LogP contribution is -2.45. The van der Waals surface area contributed by atoms with E-state index in [4.69, 9.17) is 16.3 Å². The maximum atomic E-state index is 6.53. The number of methoxy groups -OCH3 is 1. The van der Waals surface area contributed by atoms with Gasteiger partial charge in [-0.1, -0.05) is 81.0 Å². The van der Waals surface area contributed by atoms with Crippen molar-refractivity contribution in [3.8, 4) is 5.75 Å². The Hall–Kier alpha value is -1.51. The third kappa shape index (κ3) is 3.30. The van der Waals surface area contributed by atoms with Gasteiger partial charge >= 0.3 is 0 Å². The molecule has 0 radical (unpaired) electrons. The Balaban J connectivity index is 2.14. The van der Waals surface area contributed by atoms with Crippen molar-refractivity contribution in [1.82, 2.24) is 0 Å². The zero-order valence-electron chi connectivity index (χ0n) is 16.0. The first-order valence-electron chi connectivity index (χ1n) is 8.82. The number of rotatable bonds is 3. The van der Waals surface area contributed by atoms with Crippen LogP contribution >= 0.6 is 11.6 Å². The van der Waals surface area contributed by atoms with Gasteiger partial charge in [0.2, 0.25) is 0 Å². The Morgan fingerprint density at radius 2 is 1.76 bits per heavy atom. The molecule has 0 heterocycles. The Morgan fingerprint density at radius 1 is 1.08 bits per heavy atom. The molecular weight excluding hydrogens is 344 g/mol. The van der Waals surface area contributed by atoms with Crippen molar-refractivity contribution < 1.29 is 4.74 Å². The molecule has 3 rings (SSSR count). The molecule has 3 heteroatoms. The van der Waals surface area contributed by atoms with Gasteiger partial charge in [0.1, 0.15) is 13.8 Å². The summed E-state index contributed by atoms with van der Waals surface area (Å²) in [7, 11) is -0.118. The first-order chi connectivity index (χ1) is 11.6. The minimum absolute atomic E-state index is 0.0114. The van der Waals surface area contributed by atoms with Gasteiger partial charge in [0.25, 0.3) is 0 Å². The highest BCUT2D eigenvalue weighted by atomic mass is 35.5. The molecule has 0 unspecified atom stereocenters. The van der Waals surface area contributed by atoms with E-state index in [-0.39, 0.29) is 5.41 Å². The highest BCUT2D eigenvalue weighted by Gasteiger charge is 2.36. The second-order valence-corrected chi connectivity index (χ2v) is 13.3. The van der Waals surface area contributed by atoms with Gasteiger partial charge in [-0.15, -0.1) is 0 Å². The number of ether oxygens (including phenoxy) is 1. The molecule has 0 atom stereocenters. The predicted molar refractivity (Wildman–Crippen MR) is 112 cm³/mol. The van der Waals surface area contributed by atoms with Gasteiger partial charge in [0, 0.05) is 10.6 Å². The molecule has 0 saturated heterocycles. The van der Waals surface area contributed by atoms with Gasteiger partial charge in [0.05, 0.1) is 7.11 Å². The molecule has 1 nitrogen and oxygen atoms in total. The van der Waals surface area contributed by atoms with Gasteiger partial charge in [-0.05, 0) is 40.3 Å². The first-order valence-corrected chi connectivity index (χ1v) is 12.2. The van der Waals surface area contributed by atoms with Gasteiger partial charge in [0.15, 0.2) is 0 Å². The normalized spacial score (nSPS) is 14.3. The topological polar surface area (TPSA) is 9.23 Å². The van der Waals surface area contributed by atoms with Crippen molar-refractivity contribution >= 4 is 30.9 Å². The summed E-state index contributed by atoms with van der Waals surface area (Å²) in [4.78, 5) is 0. The Kier molecular flexibility index (Phi) is 4.63. The standard InChI is InChI=1S/C22H27ClOSi/c1-22(2,3)19-13-17(23)14-20(21(19)24-4)25(5,6)18-11-15-9-7-8-10-16(15)12-18/h7-11,13-14H,12H2,1-6H3. The minimum Gasteiger partial charge on any atom is -0.497 e. The number of halogens is 1. The molecule has 2 aromatic rings. The van der Waals surface area contributed by atoms with Gasteiger partial charge in [-0.3, -0.25) is 0 Å². The molecule has 0 amide bonds. The van der Waals surface area contributed by atoms with E-state index in [9.17, 15) is 0 Å². The summed E-state index contributed by atoms with van der Waals surface area (Å²) < 4.78 is 5.93. The SMILES string of the molecule is COc1c(C(C)(C)C)cc(Cl)cc1[Si](C)(C)C1=Cc2ccccc2C1. The second-order valence-electron chi connectivity index (χ2n) is 8.45. The third-order valence-corrected chi connectivity index (χ3v) is 9.17. The summed E-state index contributed by atoms with van der Waals surface area (Å²) in [6.07, 6.45) is 3.43. The molecule has 0 aliphatic heterocycles. The van der Waals surface area contributed by atoms with Crippen LogP contribution < -0.4 is 9.92 Å². The van der Waals surface area contributed by atoms with E-state index in [2.05, 4.69) is 76.3 Å². The Labute approximate surface area is 157 Å². The van der Waals surface area contributed by atoms with Crippen LogP contribution in [0.25, 0.3) is 6.08 Å². The highest BCUT2D eigenvalue weighted by Crippen LogP contribution is 2.37. The van der Waals surface area contributed by atoms with Crippen LogP contribution in [0.3, 0.4) is 0 Å². The van der Waals surface area contributed by atoms with Crippen LogP contribution in [-0.2, 0) is 11.8 Å². The maximum Gasteiger partial charge on any atom is 0.122 e. The predicted octanol–water partition coefficient (Wildman–Crippen LogP) is 5.74. The quantitative estimate of drug-likeness (QED) is 0.626. The number of fused-ring (bicyclic) bond motifs is 1. The van der Waals surface area contributed by atoms with E-state index in [1.807, 2.05) is 0 Å².